The molecule has 0 bridgehead atoms. The van der Waals surface area contributed by atoms with Gasteiger partial charge in [0.2, 0.25) is 0 Å². The van der Waals surface area contributed by atoms with Gasteiger partial charge in [0.1, 0.15) is 0 Å². The summed E-state index contributed by atoms with van der Waals surface area (Å²) in [6, 6.07) is 0. The molecule has 0 saturated carbocycles. The van der Waals surface area contributed by atoms with Crippen molar-refractivity contribution in [3.05, 3.63) is 0 Å². The zero-order valence-electron chi connectivity index (χ0n) is 10.0. The van der Waals surface area contributed by atoms with Crippen LogP contribution in [-0.2, 0) is 0 Å². The Bertz CT molecular complexity index is 104. The Kier molecular flexibility index (Phi) is 6.40. The average Bonchev–Trinajstić information content (AvgIpc) is 2.05. The third-order valence-corrected chi connectivity index (χ3v) is 3.32. The van der Waals surface area contributed by atoms with Gasteiger partial charge in [-0.3, -0.25) is 0 Å². The fourth-order valence-corrected chi connectivity index (χ4v) is 1.94. The number of hydrogen-bond acceptors (Lipinski definition) is 1. The first-order chi connectivity index (χ1) is 6.02. The van der Waals surface area contributed by atoms with Crippen molar-refractivity contribution in [2.24, 2.45) is 29.4 Å². The second kappa shape index (κ2) is 6.42. The van der Waals surface area contributed by atoms with Gasteiger partial charge in [-0.1, -0.05) is 41.0 Å². The number of rotatable bonds is 6. The minimum Gasteiger partial charge on any atom is -0.330 e. The van der Waals surface area contributed by atoms with Crippen molar-refractivity contribution < 1.29 is 0 Å². The van der Waals surface area contributed by atoms with E-state index in [1.165, 1.54) is 12.8 Å². The first-order valence-electron chi connectivity index (χ1n) is 5.72. The van der Waals surface area contributed by atoms with Crippen LogP contribution in [0.2, 0.25) is 0 Å². The van der Waals surface area contributed by atoms with Crippen molar-refractivity contribution in [3.8, 4) is 0 Å². The monoisotopic (exact) mass is 185 g/mol. The number of hydrogen-bond donors (Lipinski definition) is 1. The molecule has 0 rings (SSSR count). The third kappa shape index (κ3) is 4.66. The van der Waals surface area contributed by atoms with Crippen molar-refractivity contribution in [2.45, 2.75) is 47.5 Å². The van der Waals surface area contributed by atoms with Crippen LogP contribution in [0.5, 0.6) is 0 Å². The maximum absolute atomic E-state index is 5.78. The molecule has 2 atom stereocenters. The highest BCUT2D eigenvalue weighted by atomic mass is 14.6. The summed E-state index contributed by atoms with van der Waals surface area (Å²) < 4.78 is 0. The maximum atomic E-state index is 5.78. The van der Waals surface area contributed by atoms with Crippen molar-refractivity contribution in [3.63, 3.8) is 0 Å². The first-order valence-corrected chi connectivity index (χ1v) is 5.72. The zero-order chi connectivity index (χ0) is 10.4. The summed E-state index contributed by atoms with van der Waals surface area (Å²) in [6.45, 7) is 12.3. The summed E-state index contributed by atoms with van der Waals surface area (Å²) in [7, 11) is 0. The van der Waals surface area contributed by atoms with Crippen molar-refractivity contribution in [1.29, 1.82) is 0 Å². The lowest BCUT2D eigenvalue weighted by Gasteiger charge is -2.26. The molecule has 0 aliphatic carbocycles. The summed E-state index contributed by atoms with van der Waals surface area (Å²) in [5, 5.41) is 0. The lowest BCUT2D eigenvalue weighted by molar-refractivity contribution is 0.250. The molecule has 1 nitrogen and oxygen atoms in total. The molecule has 0 fully saturated rings. The lowest BCUT2D eigenvalue weighted by atomic mass is 9.80. The summed E-state index contributed by atoms with van der Waals surface area (Å²) in [4.78, 5) is 0. The molecular formula is C12H27N. The van der Waals surface area contributed by atoms with Gasteiger partial charge in [-0.25, -0.2) is 0 Å². The van der Waals surface area contributed by atoms with Crippen LogP contribution in [0.15, 0.2) is 0 Å². The van der Waals surface area contributed by atoms with E-state index in [1.807, 2.05) is 0 Å². The highest BCUT2D eigenvalue weighted by molar-refractivity contribution is 4.71. The Hall–Kier alpha value is -0.0400. The Labute approximate surface area is 84.1 Å². The molecular weight excluding hydrogens is 158 g/mol. The molecule has 0 saturated heterocycles. The largest absolute Gasteiger partial charge is 0.330 e. The molecule has 0 aromatic rings. The van der Waals surface area contributed by atoms with Gasteiger partial charge in [0.05, 0.1) is 0 Å². The predicted octanol–water partition coefficient (Wildman–Crippen LogP) is 3.29. The van der Waals surface area contributed by atoms with E-state index < -0.39 is 0 Å². The smallest absolute Gasteiger partial charge is 0.00463 e. The number of nitrogens with two attached hydrogens (primary N) is 1. The van der Waals surface area contributed by atoms with Crippen LogP contribution in [0.25, 0.3) is 0 Å². The highest BCUT2D eigenvalue weighted by Gasteiger charge is 2.19. The average molecular weight is 185 g/mol. The third-order valence-electron chi connectivity index (χ3n) is 3.32. The summed E-state index contributed by atoms with van der Waals surface area (Å²) >= 11 is 0. The van der Waals surface area contributed by atoms with E-state index in [0.717, 1.165) is 24.3 Å². The van der Waals surface area contributed by atoms with Crippen LogP contribution in [0.1, 0.15) is 47.5 Å². The van der Waals surface area contributed by atoms with Gasteiger partial charge in [-0.15, -0.1) is 0 Å². The van der Waals surface area contributed by atoms with E-state index in [9.17, 15) is 0 Å². The van der Waals surface area contributed by atoms with Crippen molar-refractivity contribution in [1.82, 2.24) is 0 Å². The highest BCUT2D eigenvalue weighted by Crippen LogP contribution is 2.26. The summed E-state index contributed by atoms with van der Waals surface area (Å²) in [5.41, 5.74) is 5.78. The second-order valence-electron chi connectivity index (χ2n) is 4.89. The second-order valence-corrected chi connectivity index (χ2v) is 4.89. The molecule has 0 aliphatic heterocycles. The van der Waals surface area contributed by atoms with Gasteiger partial charge < -0.3 is 5.73 Å². The van der Waals surface area contributed by atoms with Crippen molar-refractivity contribution >= 4 is 0 Å². The molecule has 0 spiro atoms. The normalized spacial score (nSPS) is 16.6. The van der Waals surface area contributed by atoms with E-state index in [4.69, 9.17) is 5.73 Å². The van der Waals surface area contributed by atoms with Crippen LogP contribution in [0.3, 0.4) is 0 Å². The van der Waals surface area contributed by atoms with Crippen LogP contribution < -0.4 is 5.73 Å². The molecule has 0 radical (unpaired) electrons. The Morgan fingerprint density at radius 2 is 1.38 bits per heavy atom. The first kappa shape index (κ1) is 13.0. The molecule has 0 amide bonds. The molecule has 0 heterocycles. The zero-order valence-corrected chi connectivity index (χ0v) is 10.0. The van der Waals surface area contributed by atoms with Crippen LogP contribution in [0.4, 0.5) is 0 Å². The van der Waals surface area contributed by atoms with E-state index in [-0.39, 0.29) is 0 Å². The molecule has 2 N–H and O–H groups in total. The molecule has 2 unspecified atom stereocenters. The molecule has 0 aromatic heterocycles. The van der Waals surface area contributed by atoms with E-state index in [2.05, 4.69) is 34.6 Å². The Morgan fingerprint density at radius 3 is 1.62 bits per heavy atom. The van der Waals surface area contributed by atoms with E-state index in [1.54, 1.807) is 0 Å². The standard InChI is InChI=1S/C12H27N/c1-6-11(9(2)3)7-12(8-13)10(4)5/h9-12H,6-8,13H2,1-5H3. The Morgan fingerprint density at radius 1 is 0.923 bits per heavy atom. The lowest BCUT2D eigenvalue weighted by Crippen LogP contribution is -2.24. The minimum atomic E-state index is 0.715. The van der Waals surface area contributed by atoms with Gasteiger partial charge in [0, 0.05) is 0 Å². The molecule has 80 valence electrons. The SMILES string of the molecule is CCC(CC(CN)C(C)C)C(C)C. The van der Waals surface area contributed by atoms with Gasteiger partial charge in [0.15, 0.2) is 0 Å². The molecule has 0 aliphatic rings. The molecule has 1 heteroatoms. The fraction of sp³-hybridized carbons (Fsp3) is 1.00. The van der Waals surface area contributed by atoms with E-state index in [0.29, 0.717) is 5.92 Å². The van der Waals surface area contributed by atoms with Gasteiger partial charge in [-0.2, -0.15) is 0 Å². The van der Waals surface area contributed by atoms with Gasteiger partial charge in [0.25, 0.3) is 0 Å². The predicted molar refractivity (Wildman–Crippen MR) is 60.6 cm³/mol. The maximum Gasteiger partial charge on any atom is -0.00463 e. The van der Waals surface area contributed by atoms with Crippen molar-refractivity contribution in [2.75, 3.05) is 6.54 Å². The topological polar surface area (TPSA) is 26.0 Å². The van der Waals surface area contributed by atoms with Gasteiger partial charge in [-0.05, 0) is 36.6 Å². The Balaban J connectivity index is 4.03. The quantitative estimate of drug-likeness (QED) is 0.675. The van der Waals surface area contributed by atoms with Crippen LogP contribution in [-0.4, -0.2) is 6.54 Å². The molecule has 13 heavy (non-hydrogen) atoms. The van der Waals surface area contributed by atoms with E-state index >= 15 is 0 Å². The van der Waals surface area contributed by atoms with Gasteiger partial charge >= 0.3 is 0 Å². The van der Waals surface area contributed by atoms with Crippen LogP contribution in [0, 0.1) is 23.7 Å². The summed E-state index contributed by atoms with van der Waals surface area (Å²) in [5.74, 6) is 3.11. The summed E-state index contributed by atoms with van der Waals surface area (Å²) in [6.07, 6.45) is 2.60. The molecule has 0 aromatic carbocycles. The fourth-order valence-electron chi connectivity index (χ4n) is 1.94. The van der Waals surface area contributed by atoms with Crippen LogP contribution >= 0.6 is 0 Å². The minimum absolute atomic E-state index is 0.715.